The molecule has 0 unspecified atom stereocenters. The van der Waals surface area contributed by atoms with Gasteiger partial charge in [0.25, 0.3) is 0 Å². The molecule has 0 aliphatic heterocycles. The zero-order chi connectivity index (χ0) is 22.8. The highest BCUT2D eigenvalue weighted by atomic mass is 32.1. The second-order valence-corrected chi connectivity index (χ2v) is 8.61. The first-order valence-electron chi connectivity index (χ1n) is 10.5. The van der Waals surface area contributed by atoms with E-state index in [9.17, 15) is 9.59 Å². The van der Waals surface area contributed by atoms with Crippen LogP contribution in [0.3, 0.4) is 0 Å². The van der Waals surface area contributed by atoms with Gasteiger partial charge in [-0.15, -0.1) is 11.3 Å². The maximum Gasteiger partial charge on any atom is 0.228 e. The van der Waals surface area contributed by atoms with Crippen molar-refractivity contribution in [3.05, 3.63) is 106 Å². The number of benzene rings is 2. The lowest BCUT2D eigenvalue weighted by atomic mass is 10.1. The quantitative estimate of drug-likeness (QED) is 0.360. The molecule has 7 heteroatoms. The Kier molecular flexibility index (Phi) is 5.54. The highest BCUT2D eigenvalue weighted by Gasteiger charge is 2.18. The van der Waals surface area contributed by atoms with Crippen LogP contribution in [0.1, 0.15) is 26.4 Å². The molecule has 0 bridgehead atoms. The van der Waals surface area contributed by atoms with Gasteiger partial charge in [-0.05, 0) is 47.7 Å². The SMILES string of the molecule is Cc1ccccc1CC(=O)Nc1cccc(-c2ccnc3c(C(=O)c4cccs4)cnn23)c1. The van der Waals surface area contributed by atoms with Crippen LogP contribution in [0.4, 0.5) is 5.69 Å². The van der Waals surface area contributed by atoms with Crippen LogP contribution in [0.15, 0.2) is 84.5 Å². The van der Waals surface area contributed by atoms with Crippen LogP contribution in [-0.2, 0) is 11.2 Å². The van der Waals surface area contributed by atoms with E-state index in [-0.39, 0.29) is 11.7 Å². The number of fused-ring (bicyclic) bond motifs is 1. The van der Waals surface area contributed by atoms with Gasteiger partial charge in [-0.1, -0.05) is 42.5 Å². The minimum Gasteiger partial charge on any atom is -0.326 e. The lowest BCUT2D eigenvalue weighted by Crippen LogP contribution is -2.15. The number of anilines is 1. The van der Waals surface area contributed by atoms with Crippen LogP contribution in [0.5, 0.6) is 0 Å². The zero-order valence-electron chi connectivity index (χ0n) is 17.9. The Morgan fingerprint density at radius 3 is 2.73 bits per heavy atom. The van der Waals surface area contributed by atoms with Crippen molar-refractivity contribution in [2.24, 2.45) is 0 Å². The van der Waals surface area contributed by atoms with E-state index in [4.69, 9.17) is 0 Å². The number of nitrogens with one attached hydrogen (secondary N) is 1. The summed E-state index contributed by atoms with van der Waals surface area (Å²) in [6.45, 7) is 2.00. The summed E-state index contributed by atoms with van der Waals surface area (Å²) in [5, 5.41) is 9.29. The second-order valence-electron chi connectivity index (χ2n) is 7.66. The molecule has 162 valence electrons. The highest BCUT2D eigenvalue weighted by Crippen LogP contribution is 2.25. The van der Waals surface area contributed by atoms with Gasteiger partial charge in [0, 0.05) is 17.4 Å². The van der Waals surface area contributed by atoms with E-state index < -0.39 is 0 Å². The fourth-order valence-electron chi connectivity index (χ4n) is 3.75. The largest absolute Gasteiger partial charge is 0.326 e. The Morgan fingerprint density at radius 1 is 1.03 bits per heavy atom. The first-order chi connectivity index (χ1) is 16.1. The van der Waals surface area contributed by atoms with Crippen molar-refractivity contribution in [2.45, 2.75) is 13.3 Å². The molecule has 0 saturated carbocycles. The van der Waals surface area contributed by atoms with Crippen molar-refractivity contribution in [2.75, 3.05) is 5.32 Å². The number of nitrogens with zero attached hydrogens (tertiary/aromatic N) is 3. The van der Waals surface area contributed by atoms with Crippen LogP contribution >= 0.6 is 11.3 Å². The lowest BCUT2D eigenvalue weighted by Gasteiger charge is -2.10. The molecule has 3 aromatic heterocycles. The van der Waals surface area contributed by atoms with E-state index in [1.807, 2.05) is 73.0 Å². The van der Waals surface area contributed by atoms with Crippen molar-refractivity contribution in [1.82, 2.24) is 14.6 Å². The molecule has 1 amide bonds. The molecular weight excluding hydrogens is 432 g/mol. The average Bonchev–Trinajstić information content (AvgIpc) is 3.51. The molecular formula is C26H20N4O2S. The number of carbonyl (C=O) groups excluding carboxylic acids is 2. The predicted octanol–water partition coefficient (Wildman–Crippen LogP) is 5.18. The number of rotatable bonds is 6. The third-order valence-corrected chi connectivity index (χ3v) is 6.31. The molecule has 6 nitrogen and oxygen atoms in total. The van der Waals surface area contributed by atoms with E-state index in [2.05, 4.69) is 15.4 Å². The highest BCUT2D eigenvalue weighted by molar-refractivity contribution is 7.12. The molecule has 0 aliphatic carbocycles. The molecule has 0 saturated heterocycles. The van der Waals surface area contributed by atoms with Crippen LogP contribution < -0.4 is 5.32 Å². The van der Waals surface area contributed by atoms with Crippen molar-refractivity contribution in [1.29, 1.82) is 0 Å². The summed E-state index contributed by atoms with van der Waals surface area (Å²) in [4.78, 5) is 30.5. The lowest BCUT2D eigenvalue weighted by molar-refractivity contribution is -0.115. The molecule has 3 heterocycles. The van der Waals surface area contributed by atoms with E-state index in [1.54, 1.807) is 23.0 Å². The minimum absolute atomic E-state index is 0.0794. The Balaban J connectivity index is 1.43. The Morgan fingerprint density at radius 2 is 1.91 bits per heavy atom. The number of amides is 1. The zero-order valence-corrected chi connectivity index (χ0v) is 18.7. The standard InChI is InChI=1S/C26H20N4O2S/c1-17-6-2-3-7-18(17)15-24(31)29-20-9-4-8-19(14-20)22-11-12-27-26-21(16-28-30(22)26)25(32)23-10-5-13-33-23/h2-14,16H,15H2,1H3,(H,29,31). The van der Waals surface area contributed by atoms with Gasteiger partial charge in [0.1, 0.15) is 0 Å². The number of aromatic nitrogens is 3. The number of aryl methyl sites for hydroxylation is 1. The molecule has 0 fully saturated rings. The van der Waals surface area contributed by atoms with Crippen LogP contribution in [0.25, 0.3) is 16.9 Å². The molecule has 33 heavy (non-hydrogen) atoms. The Labute approximate surface area is 194 Å². The third-order valence-electron chi connectivity index (χ3n) is 5.45. The predicted molar refractivity (Wildman–Crippen MR) is 130 cm³/mol. The number of hydrogen-bond donors (Lipinski definition) is 1. The molecule has 5 rings (SSSR count). The molecule has 0 aliphatic rings. The normalized spacial score (nSPS) is 10.9. The molecule has 1 N–H and O–H groups in total. The minimum atomic E-state index is -0.0955. The number of thiophene rings is 1. The van der Waals surface area contributed by atoms with E-state index in [0.29, 0.717) is 28.2 Å². The van der Waals surface area contributed by atoms with Gasteiger partial charge in [-0.3, -0.25) is 9.59 Å². The maximum atomic E-state index is 12.8. The number of hydrogen-bond acceptors (Lipinski definition) is 5. The third kappa shape index (κ3) is 4.18. The first-order valence-corrected chi connectivity index (χ1v) is 11.3. The topological polar surface area (TPSA) is 76.4 Å². The van der Waals surface area contributed by atoms with Gasteiger partial charge >= 0.3 is 0 Å². The van der Waals surface area contributed by atoms with Crippen molar-refractivity contribution >= 4 is 34.4 Å². The fourth-order valence-corrected chi connectivity index (χ4v) is 4.43. The Hall–Kier alpha value is -4.10. The van der Waals surface area contributed by atoms with Crippen LogP contribution in [0, 0.1) is 6.92 Å². The summed E-state index contributed by atoms with van der Waals surface area (Å²) in [5.41, 5.74) is 5.38. The van der Waals surface area contributed by atoms with Gasteiger partial charge in [-0.25, -0.2) is 9.50 Å². The summed E-state index contributed by atoms with van der Waals surface area (Å²) in [6.07, 6.45) is 3.53. The summed E-state index contributed by atoms with van der Waals surface area (Å²) in [7, 11) is 0. The molecule has 0 radical (unpaired) electrons. The number of carbonyl (C=O) groups is 2. The molecule has 0 spiro atoms. The van der Waals surface area contributed by atoms with Gasteiger partial charge in [0.15, 0.2) is 5.65 Å². The average molecular weight is 453 g/mol. The number of ketones is 1. The van der Waals surface area contributed by atoms with Crippen LogP contribution in [-0.4, -0.2) is 26.3 Å². The van der Waals surface area contributed by atoms with Crippen molar-refractivity contribution in [3.8, 4) is 11.3 Å². The fraction of sp³-hybridized carbons (Fsp3) is 0.0769. The van der Waals surface area contributed by atoms with Gasteiger partial charge in [0.2, 0.25) is 11.7 Å². The summed E-state index contributed by atoms with van der Waals surface area (Å²) >= 11 is 1.39. The maximum absolute atomic E-state index is 12.8. The van der Waals surface area contributed by atoms with Crippen LogP contribution in [0.2, 0.25) is 0 Å². The molecule has 0 atom stereocenters. The molecule has 5 aromatic rings. The summed E-state index contributed by atoms with van der Waals surface area (Å²) in [5.74, 6) is -0.175. The molecule has 2 aromatic carbocycles. The smallest absolute Gasteiger partial charge is 0.228 e. The van der Waals surface area contributed by atoms with Gasteiger partial charge in [0.05, 0.1) is 28.8 Å². The Bertz CT molecular complexity index is 1470. The monoisotopic (exact) mass is 452 g/mol. The summed E-state index contributed by atoms with van der Waals surface area (Å²) < 4.78 is 1.66. The van der Waals surface area contributed by atoms with E-state index >= 15 is 0 Å². The first kappa shape index (κ1) is 20.8. The summed E-state index contributed by atoms with van der Waals surface area (Å²) in [6, 6.07) is 20.9. The van der Waals surface area contributed by atoms with Gasteiger partial charge < -0.3 is 5.32 Å². The van der Waals surface area contributed by atoms with E-state index in [0.717, 1.165) is 22.4 Å². The van der Waals surface area contributed by atoms with Crippen molar-refractivity contribution in [3.63, 3.8) is 0 Å². The van der Waals surface area contributed by atoms with Gasteiger partial charge in [-0.2, -0.15) is 5.10 Å². The second kappa shape index (κ2) is 8.80. The van der Waals surface area contributed by atoms with E-state index in [1.165, 1.54) is 11.3 Å². The van der Waals surface area contributed by atoms with Crippen molar-refractivity contribution < 1.29 is 9.59 Å².